The van der Waals surface area contributed by atoms with Crippen LogP contribution in [0.5, 0.6) is 0 Å². The van der Waals surface area contributed by atoms with Crippen molar-refractivity contribution in [2.24, 2.45) is 0 Å². The molecule has 0 saturated carbocycles. The van der Waals surface area contributed by atoms with Gasteiger partial charge in [0.15, 0.2) is 0 Å². The molecule has 0 amide bonds. The van der Waals surface area contributed by atoms with Crippen molar-refractivity contribution >= 4 is 0 Å². The summed E-state index contributed by atoms with van der Waals surface area (Å²) in [6.07, 6.45) is 12.9. The van der Waals surface area contributed by atoms with Gasteiger partial charge in [0, 0.05) is 37.2 Å². The molecule has 3 aromatic heterocycles. The molecule has 0 aliphatic rings. The number of nitrogens with zero attached hydrogens (tertiary/aromatic N) is 3. The van der Waals surface area contributed by atoms with Crippen molar-refractivity contribution in [1.82, 2.24) is 15.0 Å². The Morgan fingerprint density at radius 2 is 0.846 bits per heavy atom. The average Bonchev–Trinajstić information content (AvgIpc) is 2.70. The predicted molar refractivity (Wildman–Crippen MR) is 104 cm³/mol. The SMILES string of the molecule is c1cc(Cc2cc(Cc3ccncc3)cc(-c3ccncc3)c2)ccn1. The Kier molecular flexibility index (Phi) is 4.79. The topological polar surface area (TPSA) is 38.7 Å². The smallest absolute Gasteiger partial charge is 0.0273 e. The molecule has 0 N–H and O–H groups in total. The van der Waals surface area contributed by atoms with Crippen LogP contribution < -0.4 is 0 Å². The van der Waals surface area contributed by atoms with Crippen molar-refractivity contribution < 1.29 is 0 Å². The van der Waals surface area contributed by atoms with Crippen LogP contribution in [0.4, 0.5) is 0 Å². The maximum Gasteiger partial charge on any atom is 0.0273 e. The van der Waals surface area contributed by atoms with Crippen molar-refractivity contribution in [2.75, 3.05) is 0 Å². The lowest BCUT2D eigenvalue weighted by atomic mass is 9.94. The van der Waals surface area contributed by atoms with Crippen molar-refractivity contribution in [3.05, 3.63) is 114 Å². The van der Waals surface area contributed by atoms with Gasteiger partial charge in [0.1, 0.15) is 0 Å². The highest BCUT2D eigenvalue weighted by atomic mass is 14.6. The summed E-state index contributed by atoms with van der Waals surface area (Å²) in [5, 5.41) is 0. The lowest BCUT2D eigenvalue weighted by molar-refractivity contribution is 1.12. The van der Waals surface area contributed by atoms with Gasteiger partial charge in [-0.25, -0.2) is 0 Å². The van der Waals surface area contributed by atoms with E-state index in [1.165, 1.54) is 33.4 Å². The summed E-state index contributed by atoms with van der Waals surface area (Å²) < 4.78 is 0. The van der Waals surface area contributed by atoms with Crippen molar-refractivity contribution in [2.45, 2.75) is 12.8 Å². The van der Waals surface area contributed by atoms with Crippen LogP contribution in [-0.4, -0.2) is 15.0 Å². The summed E-state index contributed by atoms with van der Waals surface area (Å²) in [6.45, 7) is 0. The summed E-state index contributed by atoms with van der Waals surface area (Å²) in [5.41, 5.74) is 7.54. The number of benzene rings is 1. The highest BCUT2D eigenvalue weighted by molar-refractivity contribution is 5.65. The third-order valence-electron chi connectivity index (χ3n) is 4.38. The molecule has 0 bridgehead atoms. The van der Waals surface area contributed by atoms with Gasteiger partial charge in [0.25, 0.3) is 0 Å². The molecule has 0 radical (unpaired) electrons. The van der Waals surface area contributed by atoms with Crippen LogP contribution in [0.1, 0.15) is 22.3 Å². The average molecular weight is 337 g/mol. The van der Waals surface area contributed by atoms with Crippen LogP contribution in [0.15, 0.2) is 91.8 Å². The monoisotopic (exact) mass is 337 g/mol. The van der Waals surface area contributed by atoms with E-state index in [4.69, 9.17) is 0 Å². The van der Waals surface area contributed by atoms with Gasteiger partial charge in [-0.05, 0) is 82.6 Å². The molecule has 0 unspecified atom stereocenters. The first-order valence-electron chi connectivity index (χ1n) is 8.68. The van der Waals surface area contributed by atoms with E-state index in [1.54, 1.807) is 0 Å². The van der Waals surface area contributed by atoms with Gasteiger partial charge in [-0.15, -0.1) is 0 Å². The van der Waals surface area contributed by atoms with E-state index >= 15 is 0 Å². The van der Waals surface area contributed by atoms with Crippen LogP contribution in [-0.2, 0) is 12.8 Å². The van der Waals surface area contributed by atoms with E-state index in [1.807, 2.05) is 37.2 Å². The van der Waals surface area contributed by atoms with Gasteiger partial charge in [-0.3, -0.25) is 15.0 Å². The van der Waals surface area contributed by atoms with Gasteiger partial charge in [0.05, 0.1) is 0 Å². The molecule has 0 spiro atoms. The molecular formula is C23H19N3. The molecule has 0 aliphatic carbocycles. The molecule has 1 aromatic carbocycles. The largest absolute Gasteiger partial charge is 0.265 e. The summed E-state index contributed by atoms with van der Waals surface area (Å²) in [6, 6.07) is 19.2. The van der Waals surface area contributed by atoms with Crippen molar-refractivity contribution in [3.8, 4) is 11.1 Å². The van der Waals surface area contributed by atoms with Gasteiger partial charge in [0.2, 0.25) is 0 Å². The highest BCUT2D eigenvalue weighted by Gasteiger charge is 2.06. The lowest BCUT2D eigenvalue weighted by Gasteiger charge is -2.11. The molecule has 3 nitrogen and oxygen atoms in total. The summed E-state index contributed by atoms with van der Waals surface area (Å²) in [7, 11) is 0. The van der Waals surface area contributed by atoms with Crippen molar-refractivity contribution in [3.63, 3.8) is 0 Å². The fourth-order valence-corrected chi connectivity index (χ4v) is 3.15. The second-order valence-corrected chi connectivity index (χ2v) is 6.34. The van der Waals surface area contributed by atoms with Crippen LogP contribution in [0.25, 0.3) is 11.1 Å². The van der Waals surface area contributed by atoms with Gasteiger partial charge >= 0.3 is 0 Å². The first-order chi connectivity index (χ1) is 12.9. The zero-order valence-electron chi connectivity index (χ0n) is 14.4. The molecule has 126 valence electrons. The van der Waals surface area contributed by atoms with Crippen LogP contribution in [0, 0.1) is 0 Å². The second kappa shape index (κ2) is 7.70. The molecule has 4 rings (SSSR count). The van der Waals surface area contributed by atoms with E-state index in [0.717, 1.165) is 12.8 Å². The molecule has 0 atom stereocenters. The quantitative estimate of drug-likeness (QED) is 0.529. The Bertz CT molecular complexity index is 908. The van der Waals surface area contributed by atoms with Crippen LogP contribution >= 0.6 is 0 Å². The molecule has 26 heavy (non-hydrogen) atoms. The van der Waals surface area contributed by atoms with Gasteiger partial charge in [-0.1, -0.05) is 18.2 Å². The predicted octanol–water partition coefficient (Wildman–Crippen LogP) is 4.72. The number of aromatic nitrogens is 3. The standard InChI is InChI=1S/C23H19N3/c1-7-24-8-2-18(1)13-20-15-21(14-19-3-9-25-10-4-19)17-23(16-20)22-5-11-26-12-6-22/h1-12,15-17H,13-14H2. The third kappa shape index (κ3) is 4.01. The Hall–Kier alpha value is -3.33. The first-order valence-corrected chi connectivity index (χ1v) is 8.68. The zero-order chi connectivity index (χ0) is 17.6. The molecule has 0 aliphatic heterocycles. The van der Waals surface area contributed by atoms with Gasteiger partial charge < -0.3 is 0 Å². The van der Waals surface area contributed by atoms with Crippen LogP contribution in [0.2, 0.25) is 0 Å². The number of hydrogen-bond acceptors (Lipinski definition) is 3. The third-order valence-corrected chi connectivity index (χ3v) is 4.38. The minimum absolute atomic E-state index is 0.894. The lowest BCUT2D eigenvalue weighted by Crippen LogP contribution is -1.95. The minimum atomic E-state index is 0.894. The van der Waals surface area contributed by atoms with E-state index in [-0.39, 0.29) is 0 Å². The first kappa shape index (κ1) is 16.2. The minimum Gasteiger partial charge on any atom is -0.265 e. The maximum atomic E-state index is 4.14. The number of hydrogen-bond donors (Lipinski definition) is 0. The summed E-state index contributed by atoms with van der Waals surface area (Å²) in [5.74, 6) is 0. The summed E-state index contributed by atoms with van der Waals surface area (Å²) in [4.78, 5) is 12.4. The number of rotatable bonds is 5. The Balaban J connectivity index is 1.72. The Morgan fingerprint density at radius 3 is 1.31 bits per heavy atom. The Labute approximate surface area is 153 Å². The molecule has 0 fully saturated rings. The van der Waals surface area contributed by atoms with E-state index < -0.39 is 0 Å². The summed E-state index contributed by atoms with van der Waals surface area (Å²) >= 11 is 0. The zero-order valence-corrected chi connectivity index (χ0v) is 14.4. The van der Waals surface area contributed by atoms with E-state index in [9.17, 15) is 0 Å². The fraction of sp³-hybridized carbons (Fsp3) is 0.0870. The fourth-order valence-electron chi connectivity index (χ4n) is 3.15. The maximum absolute atomic E-state index is 4.14. The molecular weight excluding hydrogens is 318 g/mol. The molecule has 3 heterocycles. The molecule has 3 heteroatoms. The Morgan fingerprint density at radius 1 is 0.423 bits per heavy atom. The van der Waals surface area contributed by atoms with E-state index in [2.05, 4.69) is 69.5 Å². The molecule has 4 aromatic rings. The van der Waals surface area contributed by atoms with E-state index in [0.29, 0.717) is 0 Å². The highest BCUT2D eigenvalue weighted by Crippen LogP contribution is 2.24. The molecule has 0 saturated heterocycles. The normalized spacial score (nSPS) is 10.6. The van der Waals surface area contributed by atoms with Crippen molar-refractivity contribution in [1.29, 1.82) is 0 Å². The van der Waals surface area contributed by atoms with Crippen LogP contribution in [0.3, 0.4) is 0 Å². The van der Waals surface area contributed by atoms with Gasteiger partial charge in [-0.2, -0.15) is 0 Å². The number of pyridine rings is 3. The second-order valence-electron chi connectivity index (χ2n) is 6.34.